The van der Waals surface area contributed by atoms with Crippen molar-refractivity contribution >= 4 is 12.0 Å². The van der Waals surface area contributed by atoms with Crippen molar-refractivity contribution in [3.63, 3.8) is 0 Å². The van der Waals surface area contributed by atoms with Crippen molar-refractivity contribution in [2.75, 3.05) is 19.7 Å². The lowest BCUT2D eigenvalue weighted by molar-refractivity contribution is -0.140. The molecular weight excluding hydrogens is 260 g/mol. The maximum atomic E-state index is 12.1. The Morgan fingerprint density at radius 2 is 1.95 bits per heavy atom. The summed E-state index contributed by atoms with van der Waals surface area (Å²) in [5.74, 6) is -1.06. The summed E-state index contributed by atoms with van der Waals surface area (Å²) in [5, 5.41) is 11.8. The van der Waals surface area contributed by atoms with Gasteiger partial charge in [-0.05, 0) is 25.7 Å². The predicted molar refractivity (Wildman–Crippen MR) is 75.6 cm³/mol. The van der Waals surface area contributed by atoms with E-state index in [1.165, 1.54) is 0 Å². The number of carbonyl (C=O) groups excluding carboxylic acids is 1. The van der Waals surface area contributed by atoms with Gasteiger partial charge in [-0.25, -0.2) is 9.59 Å². The average Bonchev–Trinajstić information content (AvgIpc) is 2.44. The fraction of sp³-hybridized carbons (Fsp3) is 0.857. The number of carboxylic acid groups (broad SMARTS) is 1. The van der Waals surface area contributed by atoms with Gasteiger partial charge in [0.1, 0.15) is 6.04 Å². The van der Waals surface area contributed by atoms with E-state index in [0.717, 1.165) is 12.8 Å². The highest BCUT2D eigenvalue weighted by atomic mass is 16.5. The van der Waals surface area contributed by atoms with Crippen molar-refractivity contribution < 1.29 is 19.4 Å². The van der Waals surface area contributed by atoms with Gasteiger partial charge in [-0.15, -0.1) is 0 Å². The summed E-state index contributed by atoms with van der Waals surface area (Å²) < 4.78 is 5.53. The average molecular weight is 286 g/mol. The highest BCUT2D eigenvalue weighted by Gasteiger charge is 2.29. The second kappa shape index (κ2) is 8.09. The van der Waals surface area contributed by atoms with Gasteiger partial charge in [-0.2, -0.15) is 0 Å². The van der Waals surface area contributed by atoms with Crippen LogP contribution in [0.4, 0.5) is 4.79 Å². The van der Waals surface area contributed by atoms with E-state index < -0.39 is 12.0 Å². The molecule has 0 aliphatic carbocycles. The molecular formula is C14H26N2O4. The van der Waals surface area contributed by atoms with Crippen LogP contribution in [0.25, 0.3) is 0 Å². The molecule has 2 atom stereocenters. The van der Waals surface area contributed by atoms with Gasteiger partial charge in [-0.1, -0.05) is 20.3 Å². The molecule has 2 amide bonds. The second-order valence-electron chi connectivity index (χ2n) is 5.29. The Kier molecular flexibility index (Phi) is 6.78. The van der Waals surface area contributed by atoms with Crippen molar-refractivity contribution in [2.24, 2.45) is 5.92 Å². The molecule has 2 N–H and O–H groups in total. The number of amides is 2. The molecule has 1 rings (SSSR count). The van der Waals surface area contributed by atoms with Crippen LogP contribution in [0.3, 0.4) is 0 Å². The Morgan fingerprint density at radius 1 is 1.35 bits per heavy atom. The zero-order valence-corrected chi connectivity index (χ0v) is 12.6. The van der Waals surface area contributed by atoms with Crippen molar-refractivity contribution in [3.8, 4) is 0 Å². The Bertz CT molecular complexity index is 327. The maximum Gasteiger partial charge on any atom is 0.326 e. The molecule has 20 heavy (non-hydrogen) atoms. The molecule has 1 aliphatic heterocycles. The summed E-state index contributed by atoms with van der Waals surface area (Å²) in [5.41, 5.74) is 0. The van der Waals surface area contributed by atoms with E-state index in [-0.39, 0.29) is 18.1 Å². The molecule has 6 heteroatoms. The fourth-order valence-electron chi connectivity index (χ4n) is 2.37. The van der Waals surface area contributed by atoms with Crippen LogP contribution in [-0.4, -0.2) is 53.8 Å². The number of likely N-dealkylation sites (tertiary alicyclic amines) is 1. The van der Waals surface area contributed by atoms with Crippen LogP contribution in [0.5, 0.6) is 0 Å². The summed E-state index contributed by atoms with van der Waals surface area (Å²) in [6.45, 7) is 7.63. The molecule has 1 fully saturated rings. The molecule has 0 aromatic carbocycles. The highest BCUT2D eigenvalue weighted by Crippen LogP contribution is 2.15. The minimum atomic E-state index is -0.975. The lowest BCUT2D eigenvalue weighted by Crippen LogP contribution is -2.52. The molecule has 1 heterocycles. The van der Waals surface area contributed by atoms with E-state index in [2.05, 4.69) is 5.32 Å². The number of piperidine rings is 1. The third-order valence-electron chi connectivity index (χ3n) is 3.89. The summed E-state index contributed by atoms with van der Waals surface area (Å²) in [7, 11) is 0. The standard InChI is InChI=1S/C14H26N2O4/c1-4-10(3)12(13(17)18)15-14(19)16-8-6-11(7-9-16)20-5-2/h10-12H,4-9H2,1-3H3,(H,15,19)(H,17,18)/t10?,12-/m0/s1. The van der Waals surface area contributed by atoms with Gasteiger partial charge in [0, 0.05) is 19.7 Å². The molecule has 0 aromatic heterocycles. The number of nitrogens with one attached hydrogen (secondary N) is 1. The van der Waals surface area contributed by atoms with Crippen LogP contribution >= 0.6 is 0 Å². The number of nitrogens with zero attached hydrogens (tertiary/aromatic N) is 1. The quantitative estimate of drug-likeness (QED) is 0.779. The topological polar surface area (TPSA) is 78.9 Å². The largest absolute Gasteiger partial charge is 0.480 e. The van der Waals surface area contributed by atoms with Gasteiger partial charge >= 0.3 is 12.0 Å². The Hall–Kier alpha value is -1.30. The zero-order chi connectivity index (χ0) is 15.1. The summed E-state index contributed by atoms with van der Waals surface area (Å²) in [6, 6.07) is -1.11. The van der Waals surface area contributed by atoms with E-state index in [9.17, 15) is 14.7 Å². The minimum absolute atomic E-state index is 0.0857. The van der Waals surface area contributed by atoms with E-state index in [0.29, 0.717) is 26.1 Å². The molecule has 6 nitrogen and oxygen atoms in total. The number of ether oxygens (including phenoxy) is 1. The SMILES string of the molecule is CCOC1CCN(C(=O)N[C@H](C(=O)O)C(C)CC)CC1. The third kappa shape index (κ3) is 4.67. The first-order chi connectivity index (χ1) is 9.49. The van der Waals surface area contributed by atoms with Gasteiger partial charge in [-0.3, -0.25) is 0 Å². The molecule has 1 unspecified atom stereocenters. The van der Waals surface area contributed by atoms with Gasteiger partial charge in [0.15, 0.2) is 0 Å². The smallest absolute Gasteiger partial charge is 0.326 e. The summed E-state index contributed by atoms with van der Waals surface area (Å²) >= 11 is 0. The molecule has 116 valence electrons. The zero-order valence-electron chi connectivity index (χ0n) is 12.6. The maximum absolute atomic E-state index is 12.1. The number of hydrogen-bond donors (Lipinski definition) is 2. The normalized spacial score (nSPS) is 19.4. The van der Waals surface area contributed by atoms with Crippen molar-refractivity contribution in [3.05, 3.63) is 0 Å². The molecule has 0 bridgehead atoms. The van der Waals surface area contributed by atoms with Gasteiger partial charge in [0.2, 0.25) is 0 Å². The highest BCUT2D eigenvalue weighted by molar-refractivity contribution is 5.82. The Labute approximate surface area is 120 Å². The number of hydrogen-bond acceptors (Lipinski definition) is 3. The second-order valence-corrected chi connectivity index (χ2v) is 5.29. The molecule has 0 radical (unpaired) electrons. The van der Waals surface area contributed by atoms with E-state index >= 15 is 0 Å². The van der Waals surface area contributed by atoms with Gasteiger partial charge in [0.05, 0.1) is 6.10 Å². The molecule has 0 aromatic rings. The Morgan fingerprint density at radius 3 is 2.40 bits per heavy atom. The predicted octanol–water partition coefficient (Wildman–Crippen LogP) is 1.70. The van der Waals surface area contributed by atoms with Crippen LogP contribution in [0.2, 0.25) is 0 Å². The molecule has 0 spiro atoms. The molecule has 0 saturated carbocycles. The van der Waals surface area contributed by atoms with Crippen LogP contribution in [-0.2, 0) is 9.53 Å². The van der Waals surface area contributed by atoms with Crippen LogP contribution in [0, 0.1) is 5.92 Å². The van der Waals surface area contributed by atoms with Crippen LogP contribution in [0.1, 0.15) is 40.0 Å². The van der Waals surface area contributed by atoms with Crippen molar-refractivity contribution in [1.82, 2.24) is 10.2 Å². The molecule has 1 aliphatic rings. The van der Waals surface area contributed by atoms with Crippen LogP contribution < -0.4 is 5.32 Å². The number of aliphatic carboxylic acids is 1. The van der Waals surface area contributed by atoms with E-state index in [1.54, 1.807) is 4.90 Å². The van der Waals surface area contributed by atoms with Crippen molar-refractivity contribution in [1.29, 1.82) is 0 Å². The lowest BCUT2D eigenvalue weighted by atomic mass is 9.99. The number of rotatable bonds is 6. The summed E-state index contributed by atoms with van der Waals surface area (Å²) in [6.07, 6.45) is 2.54. The van der Waals surface area contributed by atoms with Crippen molar-refractivity contribution in [2.45, 2.75) is 52.2 Å². The first kappa shape index (κ1) is 16.8. The monoisotopic (exact) mass is 286 g/mol. The van der Waals surface area contributed by atoms with Gasteiger partial charge < -0.3 is 20.1 Å². The van der Waals surface area contributed by atoms with E-state index in [4.69, 9.17) is 4.74 Å². The first-order valence-electron chi connectivity index (χ1n) is 7.39. The first-order valence-corrected chi connectivity index (χ1v) is 7.39. The molecule has 1 saturated heterocycles. The lowest BCUT2D eigenvalue weighted by Gasteiger charge is -2.33. The number of urea groups is 1. The number of carboxylic acids is 1. The summed E-state index contributed by atoms with van der Waals surface area (Å²) in [4.78, 5) is 25.0. The van der Waals surface area contributed by atoms with Gasteiger partial charge in [0.25, 0.3) is 0 Å². The van der Waals surface area contributed by atoms with Crippen LogP contribution in [0.15, 0.2) is 0 Å². The number of carbonyl (C=O) groups is 2. The third-order valence-corrected chi connectivity index (χ3v) is 3.89. The van der Waals surface area contributed by atoms with E-state index in [1.807, 2.05) is 20.8 Å². The Balaban J connectivity index is 2.48. The minimum Gasteiger partial charge on any atom is -0.480 e. The fourth-order valence-corrected chi connectivity index (χ4v) is 2.37.